The lowest BCUT2D eigenvalue weighted by molar-refractivity contribution is 0.412. The standard InChI is InChI=1S/C20H18N4O2/c1-13-4-6-16(11-19(13)26-3)23-20-22-9-8-17(24-20)14-5-7-18(25-2)15(10-14)12-21/h4-11H,1-3H3,(H,22,23,24). The zero-order chi connectivity index (χ0) is 18.5. The molecule has 0 unspecified atom stereocenters. The highest BCUT2D eigenvalue weighted by Crippen LogP contribution is 2.27. The van der Waals surface area contributed by atoms with Gasteiger partial charge >= 0.3 is 0 Å². The molecule has 6 heteroatoms. The van der Waals surface area contributed by atoms with Gasteiger partial charge in [-0.1, -0.05) is 6.07 Å². The second kappa shape index (κ2) is 7.53. The number of methoxy groups -OCH3 is 2. The van der Waals surface area contributed by atoms with Gasteiger partial charge in [-0.2, -0.15) is 5.26 Å². The molecule has 3 rings (SSSR count). The predicted octanol–water partition coefficient (Wildman–Crippen LogP) is 4.08. The third-order valence-corrected chi connectivity index (χ3v) is 3.94. The molecule has 2 aromatic carbocycles. The van der Waals surface area contributed by atoms with E-state index in [1.54, 1.807) is 38.6 Å². The maximum atomic E-state index is 9.26. The highest BCUT2D eigenvalue weighted by molar-refractivity contribution is 5.66. The van der Waals surface area contributed by atoms with Crippen LogP contribution in [0.2, 0.25) is 0 Å². The van der Waals surface area contributed by atoms with Gasteiger partial charge in [0.2, 0.25) is 5.95 Å². The van der Waals surface area contributed by atoms with Crippen LogP contribution in [0.5, 0.6) is 11.5 Å². The lowest BCUT2D eigenvalue weighted by Crippen LogP contribution is -1.99. The summed E-state index contributed by atoms with van der Waals surface area (Å²) < 4.78 is 10.5. The van der Waals surface area contributed by atoms with E-state index in [-0.39, 0.29) is 0 Å². The first-order valence-corrected chi connectivity index (χ1v) is 7.98. The summed E-state index contributed by atoms with van der Waals surface area (Å²) in [6.07, 6.45) is 1.67. The van der Waals surface area contributed by atoms with Gasteiger partial charge in [-0.25, -0.2) is 9.97 Å². The summed E-state index contributed by atoms with van der Waals surface area (Å²) in [5, 5.41) is 12.4. The maximum absolute atomic E-state index is 9.26. The largest absolute Gasteiger partial charge is 0.496 e. The average Bonchev–Trinajstić information content (AvgIpc) is 2.69. The van der Waals surface area contributed by atoms with Crippen molar-refractivity contribution in [2.24, 2.45) is 0 Å². The number of ether oxygens (including phenoxy) is 2. The van der Waals surface area contributed by atoms with Crippen molar-refractivity contribution in [1.82, 2.24) is 9.97 Å². The van der Waals surface area contributed by atoms with Gasteiger partial charge < -0.3 is 14.8 Å². The number of anilines is 2. The first kappa shape index (κ1) is 17.2. The van der Waals surface area contributed by atoms with E-state index in [9.17, 15) is 5.26 Å². The van der Waals surface area contributed by atoms with Crippen LogP contribution >= 0.6 is 0 Å². The minimum Gasteiger partial charge on any atom is -0.496 e. The molecule has 0 spiro atoms. The van der Waals surface area contributed by atoms with Crippen molar-refractivity contribution in [1.29, 1.82) is 5.26 Å². The highest BCUT2D eigenvalue weighted by Gasteiger charge is 2.08. The molecule has 0 saturated heterocycles. The average molecular weight is 346 g/mol. The minimum absolute atomic E-state index is 0.460. The molecule has 0 aliphatic carbocycles. The topological polar surface area (TPSA) is 80.1 Å². The van der Waals surface area contributed by atoms with Crippen LogP contribution < -0.4 is 14.8 Å². The fourth-order valence-corrected chi connectivity index (χ4v) is 2.56. The summed E-state index contributed by atoms with van der Waals surface area (Å²) in [6.45, 7) is 1.98. The summed E-state index contributed by atoms with van der Waals surface area (Å²) in [4.78, 5) is 8.80. The van der Waals surface area contributed by atoms with Crippen LogP contribution in [0.25, 0.3) is 11.3 Å². The van der Waals surface area contributed by atoms with Crippen LogP contribution in [0.4, 0.5) is 11.6 Å². The molecule has 0 aliphatic rings. The predicted molar refractivity (Wildman–Crippen MR) is 99.7 cm³/mol. The van der Waals surface area contributed by atoms with Crippen molar-refractivity contribution >= 4 is 11.6 Å². The van der Waals surface area contributed by atoms with Crippen LogP contribution in [0.3, 0.4) is 0 Å². The summed E-state index contributed by atoms with van der Waals surface area (Å²) in [5.41, 5.74) is 3.86. The van der Waals surface area contributed by atoms with E-state index >= 15 is 0 Å². The van der Waals surface area contributed by atoms with Crippen LogP contribution in [0, 0.1) is 18.3 Å². The number of nitrogens with one attached hydrogen (secondary N) is 1. The van der Waals surface area contributed by atoms with E-state index in [0.29, 0.717) is 23.0 Å². The van der Waals surface area contributed by atoms with Crippen molar-refractivity contribution in [3.8, 4) is 28.8 Å². The van der Waals surface area contributed by atoms with E-state index < -0.39 is 0 Å². The third kappa shape index (κ3) is 3.57. The molecule has 1 heterocycles. The number of hydrogen-bond donors (Lipinski definition) is 1. The normalized spacial score (nSPS) is 10.1. The molecule has 130 valence electrons. The Morgan fingerprint density at radius 2 is 1.81 bits per heavy atom. The van der Waals surface area contributed by atoms with Gasteiger partial charge in [-0.3, -0.25) is 0 Å². The van der Waals surface area contributed by atoms with Crippen molar-refractivity contribution < 1.29 is 9.47 Å². The molecule has 0 fully saturated rings. The Balaban J connectivity index is 1.90. The Morgan fingerprint density at radius 1 is 1.00 bits per heavy atom. The third-order valence-electron chi connectivity index (χ3n) is 3.94. The minimum atomic E-state index is 0.460. The van der Waals surface area contributed by atoms with Crippen molar-refractivity contribution in [2.45, 2.75) is 6.92 Å². The Bertz CT molecular complexity index is 980. The van der Waals surface area contributed by atoms with Crippen LogP contribution in [0.1, 0.15) is 11.1 Å². The second-order valence-electron chi connectivity index (χ2n) is 5.60. The number of aryl methyl sites for hydroxylation is 1. The SMILES string of the molecule is COc1cc(Nc2nccc(-c3ccc(OC)c(C#N)c3)n2)ccc1C. The lowest BCUT2D eigenvalue weighted by atomic mass is 10.1. The van der Waals surface area contributed by atoms with Crippen molar-refractivity contribution in [3.63, 3.8) is 0 Å². The van der Waals surface area contributed by atoms with E-state index in [0.717, 1.165) is 22.6 Å². The molecule has 0 radical (unpaired) electrons. The Morgan fingerprint density at radius 3 is 2.54 bits per heavy atom. The molecule has 0 bridgehead atoms. The molecular weight excluding hydrogens is 328 g/mol. The summed E-state index contributed by atoms with van der Waals surface area (Å²) >= 11 is 0. The van der Waals surface area contributed by atoms with Crippen LogP contribution in [-0.4, -0.2) is 24.2 Å². The zero-order valence-electron chi connectivity index (χ0n) is 14.8. The molecule has 0 amide bonds. The number of rotatable bonds is 5. The highest BCUT2D eigenvalue weighted by atomic mass is 16.5. The van der Waals surface area contributed by atoms with Gasteiger partial charge in [0.15, 0.2) is 0 Å². The van der Waals surface area contributed by atoms with Gasteiger partial charge in [0.05, 0.1) is 25.5 Å². The molecule has 6 nitrogen and oxygen atoms in total. The summed E-state index contributed by atoms with van der Waals surface area (Å²) in [7, 11) is 3.18. The van der Waals surface area contributed by atoms with Crippen LogP contribution in [0.15, 0.2) is 48.7 Å². The fraction of sp³-hybridized carbons (Fsp3) is 0.150. The lowest BCUT2D eigenvalue weighted by Gasteiger charge is -2.10. The molecule has 1 aromatic heterocycles. The number of nitriles is 1. The van der Waals surface area contributed by atoms with Crippen molar-refractivity contribution in [3.05, 3.63) is 59.8 Å². The monoisotopic (exact) mass is 346 g/mol. The smallest absolute Gasteiger partial charge is 0.227 e. The van der Waals surface area contributed by atoms with Gasteiger partial charge in [-0.15, -0.1) is 0 Å². The Labute approximate surface area is 152 Å². The molecule has 0 atom stereocenters. The number of benzene rings is 2. The first-order valence-electron chi connectivity index (χ1n) is 7.98. The van der Waals surface area contributed by atoms with E-state index in [1.165, 1.54) is 0 Å². The van der Waals surface area contributed by atoms with E-state index in [1.807, 2.05) is 31.2 Å². The quantitative estimate of drug-likeness (QED) is 0.750. The molecule has 26 heavy (non-hydrogen) atoms. The van der Waals surface area contributed by atoms with Gasteiger partial charge in [0.1, 0.15) is 17.6 Å². The number of aromatic nitrogens is 2. The van der Waals surface area contributed by atoms with Gasteiger partial charge in [0, 0.05) is 23.5 Å². The molecule has 1 N–H and O–H groups in total. The second-order valence-corrected chi connectivity index (χ2v) is 5.60. The zero-order valence-corrected chi connectivity index (χ0v) is 14.8. The molecule has 0 saturated carbocycles. The molecule has 0 aliphatic heterocycles. The van der Waals surface area contributed by atoms with Crippen LogP contribution in [-0.2, 0) is 0 Å². The van der Waals surface area contributed by atoms with Gasteiger partial charge in [-0.05, 0) is 42.8 Å². The summed E-state index contributed by atoms with van der Waals surface area (Å²) in [6, 6.07) is 15.1. The molecule has 3 aromatic rings. The number of nitrogens with zero attached hydrogens (tertiary/aromatic N) is 3. The van der Waals surface area contributed by atoms with E-state index in [4.69, 9.17) is 9.47 Å². The summed E-state index contributed by atoms with van der Waals surface area (Å²) in [5.74, 6) is 1.79. The Hall–Kier alpha value is -3.59. The van der Waals surface area contributed by atoms with Crippen molar-refractivity contribution in [2.75, 3.05) is 19.5 Å². The first-order chi connectivity index (χ1) is 12.6. The fourth-order valence-electron chi connectivity index (χ4n) is 2.56. The molecular formula is C20H18N4O2. The van der Waals surface area contributed by atoms with Gasteiger partial charge in [0.25, 0.3) is 0 Å². The van der Waals surface area contributed by atoms with E-state index in [2.05, 4.69) is 21.4 Å². The maximum Gasteiger partial charge on any atom is 0.227 e. The Kier molecular flexibility index (Phi) is 4.99. The number of hydrogen-bond acceptors (Lipinski definition) is 6.